The molecule has 1 heterocycles. The van der Waals surface area contributed by atoms with E-state index in [9.17, 15) is 12.8 Å². The fraction of sp³-hybridized carbons (Fsp3) is 0.538. The van der Waals surface area contributed by atoms with E-state index in [1.807, 2.05) is 7.05 Å². The molecule has 0 aliphatic carbocycles. The van der Waals surface area contributed by atoms with Gasteiger partial charge in [-0.1, -0.05) is 11.6 Å². The highest BCUT2D eigenvalue weighted by molar-refractivity contribution is 7.90. The van der Waals surface area contributed by atoms with E-state index < -0.39 is 16.0 Å². The number of hydrogen-bond acceptors (Lipinski definition) is 3. The van der Waals surface area contributed by atoms with E-state index in [0.29, 0.717) is 13.1 Å². The summed E-state index contributed by atoms with van der Waals surface area (Å²) in [6, 6.07) is 3.85. The highest BCUT2D eigenvalue weighted by Gasteiger charge is 2.29. The Hall–Kier alpha value is -0.890. The van der Waals surface area contributed by atoms with Crippen molar-refractivity contribution in [2.24, 2.45) is 5.92 Å². The summed E-state index contributed by atoms with van der Waals surface area (Å²) in [5.74, 6) is -0.412. The first-order valence-electron chi connectivity index (χ1n) is 6.80. The van der Waals surface area contributed by atoms with Crippen LogP contribution in [0.1, 0.15) is 12.8 Å². The van der Waals surface area contributed by atoms with Gasteiger partial charge in [0.2, 0.25) is 0 Å². The number of halogens is 2. The van der Waals surface area contributed by atoms with Crippen molar-refractivity contribution in [3.63, 3.8) is 0 Å². The van der Waals surface area contributed by atoms with Crippen LogP contribution in [0.15, 0.2) is 18.2 Å². The molecular weight excluding hydrogens is 317 g/mol. The van der Waals surface area contributed by atoms with Gasteiger partial charge in [0.15, 0.2) is 0 Å². The molecule has 1 unspecified atom stereocenters. The normalized spacial score (nSPS) is 20.4. The fourth-order valence-electron chi connectivity index (χ4n) is 2.48. The summed E-state index contributed by atoms with van der Waals surface area (Å²) in [6.07, 6.45) is 1.79. The standard InChI is InChI=1S/C13H19ClFN3O2S/c1-16-8-10-3-2-6-18(9-10)21(19,20)17-13-5-4-11(14)7-12(13)15/h4-5,7,10,16-17H,2-3,6,8-9H2,1H3. The molecule has 8 heteroatoms. The zero-order valence-electron chi connectivity index (χ0n) is 11.8. The number of rotatable bonds is 5. The number of hydrogen-bond donors (Lipinski definition) is 2. The molecule has 0 bridgehead atoms. The summed E-state index contributed by atoms with van der Waals surface area (Å²) in [5.41, 5.74) is -0.0878. The van der Waals surface area contributed by atoms with Crippen LogP contribution in [0.5, 0.6) is 0 Å². The van der Waals surface area contributed by atoms with Crippen molar-refractivity contribution < 1.29 is 12.8 Å². The number of piperidine rings is 1. The molecule has 0 spiro atoms. The van der Waals surface area contributed by atoms with Crippen molar-refractivity contribution in [3.8, 4) is 0 Å². The van der Waals surface area contributed by atoms with E-state index in [-0.39, 0.29) is 16.6 Å². The lowest BCUT2D eigenvalue weighted by atomic mass is 10.00. The smallest absolute Gasteiger partial charge is 0.301 e. The largest absolute Gasteiger partial charge is 0.319 e. The van der Waals surface area contributed by atoms with Gasteiger partial charge in [0, 0.05) is 18.1 Å². The first-order chi connectivity index (χ1) is 9.92. The van der Waals surface area contributed by atoms with Crippen molar-refractivity contribution in [3.05, 3.63) is 29.0 Å². The molecule has 1 aromatic carbocycles. The quantitative estimate of drug-likeness (QED) is 0.866. The molecule has 1 aliphatic heterocycles. The summed E-state index contributed by atoms with van der Waals surface area (Å²) in [7, 11) is -1.91. The summed E-state index contributed by atoms with van der Waals surface area (Å²) in [6.45, 7) is 1.65. The van der Waals surface area contributed by atoms with E-state index in [0.717, 1.165) is 25.5 Å². The third kappa shape index (κ3) is 4.29. The van der Waals surface area contributed by atoms with Crippen LogP contribution < -0.4 is 10.0 Å². The summed E-state index contributed by atoms with van der Waals surface area (Å²) in [4.78, 5) is 0. The van der Waals surface area contributed by atoms with Gasteiger partial charge in [-0.2, -0.15) is 12.7 Å². The molecule has 0 saturated carbocycles. The molecule has 1 atom stereocenters. The monoisotopic (exact) mass is 335 g/mol. The summed E-state index contributed by atoms with van der Waals surface area (Å²) < 4.78 is 42.0. The lowest BCUT2D eigenvalue weighted by Gasteiger charge is -2.31. The summed E-state index contributed by atoms with van der Waals surface area (Å²) in [5, 5.41) is 3.28. The van der Waals surface area contributed by atoms with Gasteiger partial charge in [0.05, 0.1) is 5.69 Å². The maximum Gasteiger partial charge on any atom is 0.301 e. The van der Waals surface area contributed by atoms with Gasteiger partial charge in [0.1, 0.15) is 5.82 Å². The average Bonchev–Trinajstić information content (AvgIpc) is 2.43. The molecule has 1 aliphatic rings. The second kappa shape index (κ2) is 6.91. The molecule has 1 aromatic rings. The Balaban J connectivity index is 2.10. The Morgan fingerprint density at radius 1 is 1.48 bits per heavy atom. The van der Waals surface area contributed by atoms with Gasteiger partial charge >= 0.3 is 10.2 Å². The zero-order valence-corrected chi connectivity index (χ0v) is 13.3. The van der Waals surface area contributed by atoms with Gasteiger partial charge in [0.25, 0.3) is 0 Å². The predicted octanol–water partition coefficient (Wildman–Crippen LogP) is 2.07. The van der Waals surface area contributed by atoms with Crippen LogP contribution in [-0.2, 0) is 10.2 Å². The molecule has 2 N–H and O–H groups in total. The highest BCUT2D eigenvalue weighted by Crippen LogP contribution is 2.23. The van der Waals surface area contributed by atoms with E-state index >= 15 is 0 Å². The van der Waals surface area contributed by atoms with Gasteiger partial charge in [-0.25, -0.2) is 4.39 Å². The molecule has 21 heavy (non-hydrogen) atoms. The highest BCUT2D eigenvalue weighted by atomic mass is 35.5. The van der Waals surface area contributed by atoms with Crippen LogP contribution >= 0.6 is 11.6 Å². The maximum atomic E-state index is 13.7. The maximum absolute atomic E-state index is 13.7. The second-order valence-corrected chi connectivity index (χ2v) is 7.26. The first kappa shape index (κ1) is 16.5. The minimum Gasteiger partial charge on any atom is -0.319 e. The molecule has 2 rings (SSSR count). The third-order valence-electron chi connectivity index (χ3n) is 3.48. The molecule has 1 fully saturated rings. The lowest BCUT2D eigenvalue weighted by molar-refractivity contribution is 0.264. The van der Waals surface area contributed by atoms with Gasteiger partial charge in [-0.15, -0.1) is 0 Å². The van der Waals surface area contributed by atoms with E-state index in [4.69, 9.17) is 11.6 Å². The van der Waals surface area contributed by atoms with Gasteiger partial charge in [-0.3, -0.25) is 4.72 Å². The van der Waals surface area contributed by atoms with Crippen LogP contribution in [0.25, 0.3) is 0 Å². The minimum absolute atomic E-state index is 0.0878. The number of nitrogens with one attached hydrogen (secondary N) is 2. The first-order valence-corrected chi connectivity index (χ1v) is 8.61. The van der Waals surface area contributed by atoms with Crippen LogP contribution in [0.4, 0.5) is 10.1 Å². The predicted molar refractivity (Wildman–Crippen MR) is 82.2 cm³/mol. The number of anilines is 1. The Morgan fingerprint density at radius 2 is 2.24 bits per heavy atom. The van der Waals surface area contributed by atoms with Gasteiger partial charge in [-0.05, 0) is 50.6 Å². The van der Waals surface area contributed by atoms with Crippen molar-refractivity contribution in [1.82, 2.24) is 9.62 Å². The molecule has 0 aromatic heterocycles. The van der Waals surface area contributed by atoms with Crippen molar-refractivity contribution in [2.75, 3.05) is 31.4 Å². The number of benzene rings is 1. The van der Waals surface area contributed by atoms with E-state index in [2.05, 4.69) is 10.0 Å². The Bertz CT molecular complexity index is 595. The van der Waals surface area contributed by atoms with Gasteiger partial charge < -0.3 is 5.32 Å². The Labute approximate surface area is 129 Å². The SMILES string of the molecule is CNCC1CCCN(S(=O)(=O)Nc2ccc(Cl)cc2F)C1. The Morgan fingerprint density at radius 3 is 2.90 bits per heavy atom. The van der Waals surface area contributed by atoms with E-state index in [1.54, 1.807) is 0 Å². The molecule has 118 valence electrons. The van der Waals surface area contributed by atoms with Crippen LogP contribution in [0.2, 0.25) is 5.02 Å². The minimum atomic E-state index is -3.75. The number of nitrogens with zero attached hydrogens (tertiary/aromatic N) is 1. The molecule has 5 nitrogen and oxygen atoms in total. The zero-order chi connectivity index (χ0) is 15.5. The summed E-state index contributed by atoms with van der Waals surface area (Å²) >= 11 is 5.66. The topological polar surface area (TPSA) is 61.4 Å². The third-order valence-corrected chi connectivity index (χ3v) is 5.21. The van der Waals surface area contributed by atoms with Crippen LogP contribution in [0.3, 0.4) is 0 Å². The van der Waals surface area contributed by atoms with Crippen molar-refractivity contribution in [2.45, 2.75) is 12.8 Å². The van der Waals surface area contributed by atoms with Crippen LogP contribution in [0, 0.1) is 11.7 Å². The van der Waals surface area contributed by atoms with Crippen molar-refractivity contribution in [1.29, 1.82) is 0 Å². The van der Waals surface area contributed by atoms with Crippen molar-refractivity contribution >= 4 is 27.5 Å². The lowest BCUT2D eigenvalue weighted by Crippen LogP contribution is -2.44. The molecular formula is C13H19ClFN3O2S. The Kier molecular flexibility index (Phi) is 5.43. The van der Waals surface area contributed by atoms with E-state index in [1.165, 1.54) is 16.4 Å². The average molecular weight is 336 g/mol. The van der Waals surface area contributed by atoms with Crippen LogP contribution in [-0.4, -0.2) is 39.4 Å². The molecule has 0 radical (unpaired) electrons. The second-order valence-electron chi connectivity index (χ2n) is 5.16. The molecule has 0 amide bonds. The fourth-order valence-corrected chi connectivity index (χ4v) is 3.98. The molecule has 1 saturated heterocycles.